The van der Waals surface area contributed by atoms with Crippen molar-refractivity contribution in [1.82, 2.24) is 0 Å². The number of rotatable bonds is 4. The molecule has 1 fully saturated rings. The highest BCUT2D eigenvalue weighted by Crippen LogP contribution is 2.40. The SMILES string of the molecule is COc1ccc(NC(=O)[C@@H]2[C@@H](C(=O)O)[C@H]3C=C[C@@H]2O3)cc1Cl. The zero-order valence-corrected chi connectivity index (χ0v) is 12.4. The standard InChI is InChI=1S/C15H14ClNO5/c1-21-9-3-2-7(6-8(9)16)17-14(18)12-10-4-5-11(22-10)13(12)15(19)20/h2-6,10-13H,1H3,(H,17,18)(H,19,20)/t10-,11+,12-,13-/m0/s1. The van der Waals surface area contributed by atoms with Gasteiger partial charge < -0.3 is 19.9 Å². The molecule has 0 radical (unpaired) electrons. The second-order valence-corrected chi connectivity index (χ2v) is 5.59. The molecule has 1 amide bonds. The number of ether oxygens (including phenoxy) is 2. The number of aliphatic carboxylic acids is 1. The van der Waals surface area contributed by atoms with Crippen LogP contribution >= 0.6 is 11.6 Å². The average molecular weight is 324 g/mol. The summed E-state index contributed by atoms with van der Waals surface area (Å²) in [6.45, 7) is 0. The van der Waals surface area contributed by atoms with Crippen LogP contribution < -0.4 is 10.1 Å². The maximum atomic E-state index is 12.4. The number of amides is 1. The van der Waals surface area contributed by atoms with Gasteiger partial charge in [-0.2, -0.15) is 0 Å². The topological polar surface area (TPSA) is 84.9 Å². The van der Waals surface area contributed by atoms with E-state index < -0.39 is 35.9 Å². The van der Waals surface area contributed by atoms with Crippen molar-refractivity contribution < 1.29 is 24.2 Å². The average Bonchev–Trinajstić information content (AvgIpc) is 3.07. The van der Waals surface area contributed by atoms with Crippen LogP contribution in [0.1, 0.15) is 0 Å². The number of carbonyl (C=O) groups excluding carboxylic acids is 1. The molecule has 2 bridgehead atoms. The van der Waals surface area contributed by atoms with Gasteiger partial charge in [0.1, 0.15) is 11.7 Å². The predicted octanol–water partition coefficient (Wildman–Crippen LogP) is 1.94. The van der Waals surface area contributed by atoms with Gasteiger partial charge in [-0.25, -0.2) is 0 Å². The van der Waals surface area contributed by atoms with E-state index in [1.165, 1.54) is 7.11 Å². The number of nitrogens with one attached hydrogen (secondary N) is 1. The maximum absolute atomic E-state index is 12.4. The predicted molar refractivity (Wildman–Crippen MR) is 79.1 cm³/mol. The first-order valence-electron chi connectivity index (χ1n) is 6.72. The van der Waals surface area contributed by atoms with E-state index in [0.717, 1.165) is 0 Å². The molecule has 2 aliphatic heterocycles. The van der Waals surface area contributed by atoms with Crippen LogP contribution in [-0.4, -0.2) is 36.3 Å². The number of halogens is 1. The quantitative estimate of drug-likeness (QED) is 0.827. The lowest BCUT2D eigenvalue weighted by molar-refractivity contribution is -0.145. The Labute approximate surface area is 131 Å². The minimum atomic E-state index is -1.04. The minimum absolute atomic E-state index is 0.360. The number of carbonyl (C=O) groups is 2. The van der Waals surface area contributed by atoms with Gasteiger partial charge in [-0.3, -0.25) is 9.59 Å². The maximum Gasteiger partial charge on any atom is 0.310 e. The van der Waals surface area contributed by atoms with Gasteiger partial charge in [-0.15, -0.1) is 0 Å². The Balaban J connectivity index is 1.78. The summed E-state index contributed by atoms with van der Waals surface area (Å²) in [6.07, 6.45) is 2.38. The molecule has 3 rings (SSSR count). The van der Waals surface area contributed by atoms with Crippen LogP contribution in [0.4, 0.5) is 5.69 Å². The summed E-state index contributed by atoms with van der Waals surface area (Å²) >= 11 is 6.01. The molecule has 116 valence electrons. The lowest BCUT2D eigenvalue weighted by Crippen LogP contribution is -2.39. The number of fused-ring (bicyclic) bond motifs is 2. The highest BCUT2D eigenvalue weighted by molar-refractivity contribution is 6.32. The molecule has 1 aromatic carbocycles. The highest BCUT2D eigenvalue weighted by Gasteiger charge is 2.53. The van der Waals surface area contributed by atoms with Gasteiger partial charge in [0.25, 0.3) is 0 Å². The normalized spacial score (nSPS) is 28.6. The molecular formula is C15H14ClNO5. The number of hydrogen-bond acceptors (Lipinski definition) is 4. The number of benzene rings is 1. The molecule has 2 heterocycles. The first-order chi connectivity index (χ1) is 10.5. The van der Waals surface area contributed by atoms with Gasteiger partial charge in [0.15, 0.2) is 0 Å². The van der Waals surface area contributed by atoms with Crippen LogP contribution in [0.25, 0.3) is 0 Å². The van der Waals surface area contributed by atoms with Crippen molar-refractivity contribution >= 4 is 29.2 Å². The van der Waals surface area contributed by atoms with Crippen molar-refractivity contribution in [3.8, 4) is 5.75 Å². The smallest absolute Gasteiger partial charge is 0.310 e. The lowest BCUT2D eigenvalue weighted by atomic mass is 9.82. The molecule has 22 heavy (non-hydrogen) atoms. The van der Waals surface area contributed by atoms with E-state index >= 15 is 0 Å². The minimum Gasteiger partial charge on any atom is -0.495 e. The number of carboxylic acid groups (broad SMARTS) is 1. The Morgan fingerprint density at radius 2 is 1.95 bits per heavy atom. The van der Waals surface area contributed by atoms with Crippen molar-refractivity contribution in [2.24, 2.45) is 11.8 Å². The molecule has 1 saturated heterocycles. The van der Waals surface area contributed by atoms with Crippen molar-refractivity contribution in [2.45, 2.75) is 12.2 Å². The fourth-order valence-electron chi connectivity index (χ4n) is 2.88. The Morgan fingerprint density at radius 3 is 2.55 bits per heavy atom. The summed E-state index contributed by atoms with van der Waals surface area (Å²) in [4.78, 5) is 23.8. The third-order valence-corrected chi connectivity index (χ3v) is 4.20. The first-order valence-corrected chi connectivity index (χ1v) is 7.10. The summed E-state index contributed by atoms with van der Waals surface area (Å²) < 4.78 is 10.5. The van der Waals surface area contributed by atoms with E-state index in [4.69, 9.17) is 21.1 Å². The molecule has 0 aromatic heterocycles. The van der Waals surface area contributed by atoms with Crippen LogP contribution in [0.5, 0.6) is 5.75 Å². The molecule has 2 N–H and O–H groups in total. The number of carboxylic acids is 1. The van der Waals surface area contributed by atoms with Gasteiger partial charge in [-0.05, 0) is 18.2 Å². The fraction of sp³-hybridized carbons (Fsp3) is 0.333. The molecule has 0 aliphatic carbocycles. The fourth-order valence-corrected chi connectivity index (χ4v) is 3.14. The van der Waals surface area contributed by atoms with E-state index in [-0.39, 0.29) is 0 Å². The van der Waals surface area contributed by atoms with Crippen LogP contribution in [0.15, 0.2) is 30.4 Å². The van der Waals surface area contributed by atoms with Crippen LogP contribution in [0.2, 0.25) is 5.02 Å². The highest BCUT2D eigenvalue weighted by atomic mass is 35.5. The molecule has 1 aromatic rings. The van der Waals surface area contributed by atoms with Gasteiger partial charge in [0.05, 0.1) is 30.3 Å². The molecular weight excluding hydrogens is 310 g/mol. The van der Waals surface area contributed by atoms with Crippen molar-refractivity contribution in [3.05, 3.63) is 35.4 Å². The number of anilines is 1. The molecule has 6 nitrogen and oxygen atoms in total. The second-order valence-electron chi connectivity index (χ2n) is 5.18. The third-order valence-electron chi connectivity index (χ3n) is 3.91. The van der Waals surface area contributed by atoms with Crippen LogP contribution in [0.3, 0.4) is 0 Å². The van der Waals surface area contributed by atoms with Crippen LogP contribution in [0, 0.1) is 11.8 Å². The molecule has 0 unspecified atom stereocenters. The zero-order valence-electron chi connectivity index (χ0n) is 11.7. The third kappa shape index (κ3) is 2.44. The van der Waals surface area contributed by atoms with Crippen LogP contribution in [-0.2, 0) is 14.3 Å². The Bertz CT molecular complexity index is 659. The second kappa shape index (κ2) is 5.62. The summed E-state index contributed by atoms with van der Waals surface area (Å²) in [5.41, 5.74) is 0.478. The summed E-state index contributed by atoms with van der Waals surface area (Å²) in [7, 11) is 1.50. The summed E-state index contributed by atoms with van der Waals surface area (Å²) in [6, 6.07) is 4.82. The largest absolute Gasteiger partial charge is 0.495 e. The van der Waals surface area contributed by atoms with E-state index in [0.29, 0.717) is 16.5 Å². The summed E-state index contributed by atoms with van der Waals surface area (Å²) in [5.74, 6) is -2.57. The van der Waals surface area contributed by atoms with Gasteiger partial charge in [0, 0.05) is 5.69 Å². The molecule has 7 heteroatoms. The number of methoxy groups -OCH3 is 1. The Hall–Kier alpha value is -2.05. The lowest BCUT2D eigenvalue weighted by Gasteiger charge is -2.21. The first kappa shape index (κ1) is 14.9. The van der Waals surface area contributed by atoms with Crippen molar-refractivity contribution in [2.75, 3.05) is 12.4 Å². The van der Waals surface area contributed by atoms with Crippen molar-refractivity contribution in [1.29, 1.82) is 0 Å². The molecule has 0 spiro atoms. The van der Waals surface area contributed by atoms with E-state index in [1.807, 2.05) is 0 Å². The monoisotopic (exact) mass is 323 g/mol. The van der Waals surface area contributed by atoms with E-state index in [9.17, 15) is 14.7 Å². The Kier molecular flexibility index (Phi) is 3.80. The number of hydrogen-bond donors (Lipinski definition) is 2. The van der Waals surface area contributed by atoms with Gasteiger partial charge in [-0.1, -0.05) is 23.8 Å². The van der Waals surface area contributed by atoms with E-state index in [2.05, 4.69) is 5.32 Å². The molecule has 0 saturated carbocycles. The molecule has 4 atom stereocenters. The summed E-state index contributed by atoms with van der Waals surface area (Å²) in [5, 5.41) is 12.4. The van der Waals surface area contributed by atoms with E-state index in [1.54, 1.807) is 30.4 Å². The zero-order chi connectivity index (χ0) is 15.9. The molecule has 2 aliphatic rings. The van der Waals surface area contributed by atoms with Crippen molar-refractivity contribution in [3.63, 3.8) is 0 Å². The Morgan fingerprint density at radius 1 is 1.27 bits per heavy atom. The van der Waals surface area contributed by atoms with Gasteiger partial charge in [0.2, 0.25) is 5.91 Å². The van der Waals surface area contributed by atoms with Gasteiger partial charge >= 0.3 is 5.97 Å².